The first-order valence-corrected chi connectivity index (χ1v) is 9.33. The Labute approximate surface area is 168 Å². The lowest BCUT2D eigenvalue weighted by molar-refractivity contribution is -0.141. The van der Waals surface area contributed by atoms with Gasteiger partial charge in [0.15, 0.2) is 5.16 Å². The van der Waals surface area contributed by atoms with Crippen LogP contribution >= 0.6 is 11.8 Å². The molecule has 2 N–H and O–H groups in total. The van der Waals surface area contributed by atoms with Crippen molar-refractivity contribution in [3.05, 3.63) is 60.0 Å². The van der Waals surface area contributed by atoms with Crippen LogP contribution in [0.5, 0.6) is 0 Å². The molecule has 0 saturated heterocycles. The molecule has 1 atom stereocenters. The van der Waals surface area contributed by atoms with Crippen LogP contribution in [0.2, 0.25) is 0 Å². The maximum absolute atomic E-state index is 12.7. The lowest BCUT2D eigenvalue weighted by Gasteiger charge is -2.13. The molecule has 11 heteroatoms. The molecular formula is C18H17F3N6OS. The van der Waals surface area contributed by atoms with Crippen LogP contribution in [0, 0.1) is 0 Å². The number of amides is 2. The van der Waals surface area contributed by atoms with Crippen LogP contribution in [0.25, 0.3) is 0 Å². The molecule has 0 fully saturated rings. The minimum absolute atomic E-state index is 0.0350. The van der Waals surface area contributed by atoms with E-state index in [0.717, 1.165) is 16.8 Å². The van der Waals surface area contributed by atoms with E-state index in [2.05, 4.69) is 25.8 Å². The zero-order chi connectivity index (χ0) is 21.0. The summed E-state index contributed by atoms with van der Waals surface area (Å²) in [4.78, 5) is 15.6. The van der Waals surface area contributed by atoms with E-state index in [-0.39, 0.29) is 11.1 Å². The number of nitrogens with one attached hydrogen (secondary N) is 2. The summed E-state index contributed by atoms with van der Waals surface area (Å²) in [6.45, 7) is 1.99. The quantitative estimate of drug-likeness (QED) is 0.581. The van der Waals surface area contributed by atoms with Crippen molar-refractivity contribution in [2.45, 2.75) is 23.5 Å². The lowest BCUT2D eigenvalue weighted by Crippen LogP contribution is -2.21. The van der Waals surface area contributed by atoms with Crippen molar-refractivity contribution in [2.75, 3.05) is 10.6 Å². The van der Waals surface area contributed by atoms with Crippen molar-refractivity contribution < 1.29 is 18.0 Å². The highest BCUT2D eigenvalue weighted by Gasteiger charge is 2.32. The van der Waals surface area contributed by atoms with Gasteiger partial charge in [-0.2, -0.15) is 13.2 Å². The van der Waals surface area contributed by atoms with E-state index in [1.807, 2.05) is 20.0 Å². The molecule has 0 saturated carbocycles. The van der Waals surface area contributed by atoms with Gasteiger partial charge in [-0.05, 0) is 36.8 Å². The van der Waals surface area contributed by atoms with Gasteiger partial charge in [-0.3, -0.25) is 5.32 Å². The van der Waals surface area contributed by atoms with Crippen molar-refractivity contribution in [1.29, 1.82) is 0 Å². The number of carbonyl (C=O) groups is 1. The number of thioether (sulfide) groups is 1. The first-order chi connectivity index (χ1) is 13.7. The molecule has 0 aliphatic rings. The minimum atomic E-state index is -4.58. The summed E-state index contributed by atoms with van der Waals surface area (Å²) in [5, 5.41) is 13.6. The predicted octanol–water partition coefficient (Wildman–Crippen LogP) is 4.73. The fourth-order valence-electron chi connectivity index (χ4n) is 2.42. The fraction of sp³-hybridized carbons (Fsp3) is 0.222. The monoisotopic (exact) mass is 422 g/mol. The van der Waals surface area contributed by atoms with E-state index in [4.69, 9.17) is 0 Å². The Hall–Kier alpha value is -3.08. The molecule has 3 aromatic rings. The molecule has 2 heterocycles. The van der Waals surface area contributed by atoms with Crippen LogP contribution in [0.1, 0.15) is 23.4 Å². The number of pyridine rings is 1. The molecule has 0 aliphatic heterocycles. The minimum Gasteiger partial charge on any atom is -0.312 e. The summed E-state index contributed by atoms with van der Waals surface area (Å²) in [7, 11) is 1.85. The van der Waals surface area contributed by atoms with Gasteiger partial charge in [0.25, 0.3) is 0 Å². The summed E-state index contributed by atoms with van der Waals surface area (Å²) in [6.07, 6.45) is -2.97. The molecule has 2 aromatic heterocycles. The van der Waals surface area contributed by atoms with Crippen molar-refractivity contribution >= 4 is 29.3 Å². The number of alkyl halides is 3. The SMILES string of the molecule is C[C@H](Sc1nncn1C)c1cccc(NC(=O)Nc2cccc(C(F)(F)F)n2)c1. The van der Waals surface area contributed by atoms with Crippen molar-refractivity contribution in [3.8, 4) is 0 Å². The molecule has 0 radical (unpaired) electrons. The predicted molar refractivity (Wildman–Crippen MR) is 104 cm³/mol. The number of carbonyl (C=O) groups excluding carboxylic acids is 1. The first kappa shape index (κ1) is 20.6. The maximum atomic E-state index is 12.7. The van der Waals surface area contributed by atoms with Crippen LogP contribution in [0.3, 0.4) is 0 Å². The third kappa shape index (κ3) is 5.47. The lowest BCUT2D eigenvalue weighted by atomic mass is 10.1. The number of nitrogens with zero attached hydrogens (tertiary/aromatic N) is 4. The zero-order valence-electron chi connectivity index (χ0n) is 15.4. The number of anilines is 2. The van der Waals surface area contributed by atoms with Gasteiger partial charge in [-0.1, -0.05) is 30.0 Å². The Morgan fingerprint density at radius 2 is 1.93 bits per heavy atom. The molecule has 0 unspecified atom stereocenters. The molecule has 0 aliphatic carbocycles. The summed E-state index contributed by atoms with van der Waals surface area (Å²) in [5.41, 5.74) is 0.359. The van der Waals surface area contributed by atoms with Crippen LogP contribution in [0.4, 0.5) is 29.5 Å². The van der Waals surface area contributed by atoms with Crippen molar-refractivity contribution in [2.24, 2.45) is 7.05 Å². The number of benzene rings is 1. The van der Waals surface area contributed by atoms with Crippen molar-refractivity contribution in [3.63, 3.8) is 0 Å². The van der Waals surface area contributed by atoms with E-state index < -0.39 is 17.9 Å². The Morgan fingerprint density at radius 1 is 1.17 bits per heavy atom. The van der Waals surface area contributed by atoms with Crippen LogP contribution in [-0.4, -0.2) is 25.8 Å². The Bertz CT molecular complexity index is 1010. The number of urea groups is 1. The second kappa shape index (κ2) is 8.52. The maximum Gasteiger partial charge on any atom is 0.433 e. The standard InChI is InChI=1S/C18H17F3N6OS/c1-11(29-17-26-22-10-27(17)2)12-5-3-6-13(9-12)23-16(28)25-15-8-4-7-14(24-15)18(19,20)21/h3-11H,1-2H3,(H2,23,24,25,28)/t11-/m0/s1. The van der Waals surface area contributed by atoms with E-state index in [1.165, 1.54) is 23.9 Å². The van der Waals surface area contributed by atoms with E-state index in [9.17, 15) is 18.0 Å². The highest BCUT2D eigenvalue weighted by Crippen LogP contribution is 2.34. The van der Waals surface area contributed by atoms with E-state index in [0.29, 0.717) is 5.69 Å². The number of aryl methyl sites for hydroxylation is 1. The van der Waals surface area contributed by atoms with Gasteiger partial charge < -0.3 is 9.88 Å². The average Bonchev–Trinajstić information content (AvgIpc) is 3.06. The van der Waals surface area contributed by atoms with Gasteiger partial charge in [0.05, 0.1) is 0 Å². The molecule has 2 amide bonds. The third-order valence-corrected chi connectivity index (χ3v) is 5.05. The fourth-order valence-corrected chi connectivity index (χ4v) is 3.32. The summed E-state index contributed by atoms with van der Waals surface area (Å²) in [6, 6.07) is 9.76. The summed E-state index contributed by atoms with van der Waals surface area (Å²) >= 11 is 1.51. The van der Waals surface area contributed by atoms with Crippen LogP contribution in [-0.2, 0) is 13.2 Å². The third-order valence-electron chi connectivity index (χ3n) is 3.85. The highest BCUT2D eigenvalue weighted by atomic mass is 32.2. The first-order valence-electron chi connectivity index (χ1n) is 8.45. The molecular weight excluding hydrogens is 405 g/mol. The Balaban J connectivity index is 1.65. The van der Waals surface area contributed by atoms with Gasteiger partial charge in [-0.25, -0.2) is 9.78 Å². The molecule has 3 rings (SSSR count). The van der Waals surface area contributed by atoms with Gasteiger partial charge in [0, 0.05) is 18.0 Å². The normalized spacial score (nSPS) is 12.4. The molecule has 7 nitrogen and oxygen atoms in total. The Kier molecular flexibility index (Phi) is 6.06. The summed E-state index contributed by atoms with van der Waals surface area (Å²) < 4.78 is 40.0. The second-order valence-electron chi connectivity index (χ2n) is 6.09. The van der Waals surface area contributed by atoms with Gasteiger partial charge >= 0.3 is 12.2 Å². The molecule has 1 aromatic carbocycles. The highest BCUT2D eigenvalue weighted by molar-refractivity contribution is 7.99. The van der Waals surface area contributed by atoms with Gasteiger partial charge in [0.1, 0.15) is 17.8 Å². The second-order valence-corrected chi connectivity index (χ2v) is 7.40. The van der Waals surface area contributed by atoms with Crippen molar-refractivity contribution in [1.82, 2.24) is 19.7 Å². The van der Waals surface area contributed by atoms with E-state index in [1.54, 1.807) is 29.1 Å². The summed E-state index contributed by atoms with van der Waals surface area (Å²) in [5.74, 6) is -0.195. The number of rotatable bonds is 5. The topological polar surface area (TPSA) is 84.7 Å². The largest absolute Gasteiger partial charge is 0.433 e. The average molecular weight is 422 g/mol. The number of aromatic nitrogens is 4. The van der Waals surface area contributed by atoms with Gasteiger partial charge in [0.2, 0.25) is 0 Å². The van der Waals surface area contributed by atoms with Crippen LogP contribution < -0.4 is 10.6 Å². The van der Waals surface area contributed by atoms with E-state index >= 15 is 0 Å². The molecule has 0 spiro atoms. The van der Waals surface area contributed by atoms with Gasteiger partial charge in [-0.15, -0.1) is 10.2 Å². The zero-order valence-corrected chi connectivity index (χ0v) is 16.3. The number of halogens is 3. The van der Waals surface area contributed by atoms with Crippen LogP contribution in [0.15, 0.2) is 53.9 Å². The number of hydrogen-bond donors (Lipinski definition) is 2. The molecule has 29 heavy (non-hydrogen) atoms. The molecule has 0 bridgehead atoms. The smallest absolute Gasteiger partial charge is 0.312 e. The molecule has 152 valence electrons. The number of hydrogen-bond acceptors (Lipinski definition) is 5. The Morgan fingerprint density at radius 3 is 2.62 bits per heavy atom.